The molecule has 0 radical (unpaired) electrons. The number of alkyl halides is 1. The lowest BCUT2D eigenvalue weighted by Crippen LogP contribution is -1.91. The molecule has 9 heavy (non-hydrogen) atoms. The van der Waals surface area contributed by atoms with Crippen molar-refractivity contribution in [2.24, 2.45) is 0 Å². The summed E-state index contributed by atoms with van der Waals surface area (Å²) in [5, 5.41) is 7.18. The minimum Gasteiger partial charge on any atom is -0.225 e. The fourth-order valence-electron chi connectivity index (χ4n) is 0.559. The summed E-state index contributed by atoms with van der Waals surface area (Å²) in [5.41, 5.74) is 0.827. The summed E-state index contributed by atoms with van der Waals surface area (Å²) in [6.45, 7) is 1.36. The van der Waals surface area contributed by atoms with Gasteiger partial charge in [0.25, 0.3) is 0 Å². The second kappa shape index (κ2) is 2.57. The molecule has 0 aliphatic heterocycles. The topological polar surface area (TPSA) is 30.7 Å². The molecule has 3 nitrogen and oxygen atoms in total. The molecule has 0 aliphatic rings. The monoisotopic (exact) mass is 128 g/mol. The molecular weight excluding hydrogens is 120 g/mol. The van der Waals surface area contributed by atoms with E-state index >= 15 is 0 Å². The van der Waals surface area contributed by atoms with Gasteiger partial charge in [0.1, 0.15) is 0 Å². The number of hydrogen-bond donors (Lipinski definition) is 0. The highest BCUT2D eigenvalue weighted by Gasteiger charge is 1.94. The van der Waals surface area contributed by atoms with Crippen LogP contribution in [0, 0.1) is 0 Å². The zero-order chi connectivity index (χ0) is 6.69. The van der Waals surface area contributed by atoms with Crippen LogP contribution in [-0.4, -0.2) is 15.0 Å². The van der Waals surface area contributed by atoms with E-state index in [4.69, 9.17) is 0 Å². The van der Waals surface area contributed by atoms with Gasteiger partial charge < -0.3 is 0 Å². The Kier molecular flexibility index (Phi) is 1.77. The second-order valence-electron chi connectivity index (χ2n) is 1.72. The van der Waals surface area contributed by atoms with Crippen molar-refractivity contribution in [3.05, 3.63) is 11.9 Å². The zero-order valence-corrected chi connectivity index (χ0v) is 5.21. The van der Waals surface area contributed by atoms with Crippen LogP contribution in [0.4, 0.5) is 4.39 Å². The number of aryl methyl sites for hydroxylation is 1. The van der Waals surface area contributed by atoms with Crippen LogP contribution in [-0.2, 0) is 13.2 Å². The first-order valence-corrected chi connectivity index (χ1v) is 2.81. The van der Waals surface area contributed by atoms with Gasteiger partial charge >= 0.3 is 0 Å². The minimum absolute atomic E-state index is 0.590. The van der Waals surface area contributed by atoms with Crippen molar-refractivity contribution in [3.63, 3.8) is 0 Å². The van der Waals surface area contributed by atoms with Gasteiger partial charge in [0.15, 0.2) is 6.80 Å². The van der Waals surface area contributed by atoms with Crippen molar-refractivity contribution in [2.75, 3.05) is 0 Å². The lowest BCUT2D eigenvalue weighted by Gasteiger charge is -1.83. The van der Waals surface area contributed by atoms with Gasteiger partial charge in [0.05, 0.1) is 11.9 Å². The predicted molar refractivity (Wildman–Crippen MR) is 30.5 cm³/mol. The van der Waals surface area contributed by atoms with Gasteiger partial charge in [-0.15, -0.1) is 5.10 Å². The van der Waals surface area contributed by atoms with Gasteiger partial charge in [0.2, 0.25) is 0 Å². The summed E-state index contributed by atoms with van der Waals surface area (Å²) < 4.78 is 12.9. The first-order valence-electron chi connectivity index (χ1n) is 2.81. The van der Waals surface area contributed by atoms with Gasteiger partial charge in [-0.25, -0.2) is 9.07 Å². The fraction of sp³-hybridized carbons (Fsp3) is 0.600. The number of aromatic nitrogens is 3. The van der Waals surface area contributed by atoms with E-state index in [1.807, 2.05) is 6.92 Å². The smallest absolute Gasteiger partial charge is 0.183 e. The Balaban J connectivity index is 2.74. The molecule has 0 aliphatic carbocycles. The molecule has 1 heterocycles. The van der Waals surface area contributed by atoms with Crippen LogP contribution in [0.5, 0.6) is 0 Å². The standard InChI is InChI=1S/C5H8FN3/c1-2-5-3-9(4-6)8-7-5/h3H,2,4H2,1H3/i6-1. The van der Waals surface area contributed by atoms with E-state index in [1.54, 1.807) is 6.20 Å². The second-order valence-corrected chi connectivity index (χ2v) is 1.72. The average molecular weight is 128 g/mol. The van der Waals surface area contributed by atoms with Crippen LogP contribution in [0.25, 0.3) is 0 Å². The third-order valence-electron chi connectivity index (χ3n) is 1.07. The maximum absolute atomic E-state index is 11.7. The normalized spacial score (nSPS) is 10.0. The summed E-state index contributed by atoms with van der Waals surface area (Å²) in [4.78, 5) is 0. The van der Waals surface area contributed by atoms with Crippen molar-refractivity contribution in [3.8, 4) is 0 Å². The Hall–Kier alpha value is -0.930. The highest BCUT2D eigenvalue weighted by molar-refractivity contribution is 4.90. The molecule has 0 N–H and O–H groups in total. The van der Waals surface area contributed by atoms with Gasteiger partial charge in [-0.1, -0.05) is 12.1 Å². The predicted octanol–water partition coefficient (Wildman–Crippen LogP) is 0.767. The van der Waals surface area contributed by atoms with Gasteiger partial charge in [-0.2, -0.15) is 0 Å². The van der Waals surface area contributed by atoms with Crippen LogP contribution < -0.4 is 0 Å². The highest BCUT2D eigenvalue weighted by atomic mass is 18.2. The quantitative estimate of drug-likeness (QED) is 0.589. The fourth-order valence-corrected chi connectivity index (χ4v) is 0.559. The molecule has 0 atom stereocenters. The molecule has 4 heteroatoms. The Morgan fingerprint density at radius 2 is 2.56 bits per heavy atom. The van der Waals surface area contributed by atoms with E-state index in [0.29, 0.717) is 0 Å². The van der Waals surface area contributed by atoms with Crippen LogP contribution in [0.3, 0.4) is 0 Å². The molecular formula is C5H8FN3. The highest BCUT2D eigenvalue weighted by Crippen LogP contribution is 1.92. The number of halogens is 1. The van der Waals surface area contributed by atoms with Crippen LogP contribution in [0.2, 0.25) is 0 Å². The summed E-state index contributed by atoms with van der Waals surface area (Å²) in [6, 6.07) is 0. The Morgan fingerprint density at radius 1 is 1.78 bits per heavy atom. The van der Waals surface area contributed by atoms with Crippen molar-refractivity contribution in [2.45, 2.75) is 20.1 Å². The first-order chi connectivity index (χ1) is 4.36. The van der Waals surface area contributed by atoms with Crippen molar-refractivity contribution >= 4 is 0 Å². The SMILES string of the molecule is CCc1cn(C[18F])nn1. The van der Waals surface area contributed by atoms with E-state index in [9.17, 15) is 4.39 Å². The molecule has 0 amide bonds. The lowest BCUT2D eigenvalue weighted by atomic mass is 10.4. The molecule has 50 valence electrons. The van der Waals surface area contributed by atoms with E-state index in [1.165, 1.54) is 4.68 Å². The molecule has 1 aromatic heterocycles. The summed E-state index contributed by atoms with van der Waals surface area (Å²) in [7, 11) is 0. The molecule has 1 rings (SSSR count). The van der Waals surface area contributed by atoms with Crippen molar-refractivity contribution in [1.82, 2.24) is 15.0 Å². The van der Waals surface area contributed by atoms with E-state index < -0.39 is 6.80 Å². The van der Waals surface area contributed by atoms with Gasteiger partial charge in [0, 0.05) is 0 Å². The molecule has 1 aromatic rings. The number of nitrogens with zero attached hydrogens (tertiary/aromatic N) is 3. The Labute approximate surface area is 52.5 Å². The van der Waals surface area contributed by atoms with Crippen LogP contribution in [0.15, 0.2) is 6.20 Å². The van der Waals surface area contributed by atoms with E-state index in [-0.39, 0.29) is 0 Å². The lowest BCUT2D eigenvalue weighted by molar-refractivity contribution is 0.343. The van der Waals surface area contributed by atoms with E-state index in [2.05, 4.69) is 10.3 Å². The maximum atomic E-state index is 11.7. The number of rotatable bonds is 2. The third kappa shape index (κ3) is 1.25. The summed E-state index contributed by atoms with van der Waals surface area (Å²) in [6.07, 6.45) is 2.40. The number of hydrogen-bond acceptors (Lipinski definition) is 2. The maximum Gasteiger partial charge on any atom is 0.183 e. The van der Waals surface area contributed by atoms with Crippen LogP contribution in [0.1, 0.15) is 12.6 Å². The van der Waals surface area contributed by atoms with E-state index in [0.717, 1.165) is 12.1 Å². The molecule has 0 aromatic carbocycles. The molecule has 0 saturated carbocycles. The van der Waals surface area contributed by atoms with Crippen molar-refractivity contribution < 1.29 is 4.39 Å². The van der Waals surface area contributed by atoms with Crippen LogP contribution >= 0.6 is 0 Å². The average Bonchev–Trinajstić information content (AvgIpc) is 2.34. The molecule has 0 saturated heterocycles. The third-order valence-corrected chi connectivity index (χ3v) is 1.07. The molecule has 0 unspecified atom stereocenters. The van der Waals surface area contributed by atoms with Gasteiger partial charge in [-0.05, 0) is 6.42 Å². The summed E-state index contributed by atoms with van der Waals surface area (Å²) in [5.74, 6) is 0. The van der Waals surface area contributed by atoms with Gasteiger partial charge in [-0.3, -0.25) is 0 Å². The Bertz CT molecular complexity index is 166. The molecule has 0 spiro atoms. The minimum atomic E-state index is -0.590. The first kappa shape index (κ1) is 6.19. The largest absolute Gasteiger partial charge is 0.225 e. The Morgan fingerprint density at radius 3 is 2.89 bits per heavy atom. The molecule has 0 fully saturated rings. The molecule has 0 bridgehead atoms. The summed E-state index contributed by atoms with van der Waals surface area (Å²) >= 11 is 0. The zero-order valence-electron chi connectivity index (χ0n) is 5.21. The van der Waals surface area contributed by atoms with Crippen molar-refractivity contribution in [1.29, 1.82) is 0 Å².